The van der Waals surface area contributed by atoms with E-state index in [0.717, 1.165) is 24.2 Å². The molecular weight excluding hydrogens is 282 g/mol. The van der Waals surface area contributed by atoms with Crippen LogP contribution in [0.3, 0.4) is 0 Å². The number of benzene rings is 1. The predicted octanol–water partition coefficient (Wildman–Crippen LogP) is 1.58. The van der Waals surface area contributed by atoms with Gasteiger partial charge in [0.1, 0.15) is 0 Å². The number of rotatable bonds is 3. The van der Waals surface area contributed by atoms with E-state index in [9.17, 15) is 14.4 Å². The summed E-state index contributed by atoms with van der Waals surface area (Å²) in [5.74, 6) is -1.24. The summed E-state index contributed by atoms with van der Waals surface area (Å²) >= 11 is 0. The molecule has 3 amide bonds. The van der Waals surface area contributed by atoms with E-state index in [1.54, 1.807) is 36.9 Å². The molecule has 2 N–H and O–H groups in total. The Balaban J connectivity index is 2.08. The van der Waals surface area contributed by atoms with E-state index in [1.807, 2.05) is 6.92 Å². The molecule has 1 heterocycles. The molecule has 6 nitrogen and oxygen atoms in total. The zero-order chi connectivity index (χ0) is 16.3. The van der Waals surface area contributed by atoms with E-state index in [2.05, 4.69) is 10.6 Å². The van der Waals surface area contributed by atoms with Crippen LogP contribution in [0, 0.1) is 6.92 Å². The molecule has 0 saturated carbocycles. The third-order valence-electron chi connectivity index (χ3n) is 3.44. The van der Waals surface area contributed by atoms with Crippen molar-refractivity contribution in [3.8, 4) is 0 Å². The molecule has 1 aromatic carbocycles. The summed E-state index contributed by atoms with van der Waals surface area (Å²) < 4.78 is 0. The molecule has 0 spiro atoms. The van der Waals surface area contributed by atoms with Crippen molar-refractivity contribution in [2.75, 3.05) is 16.8 Å². The van der Waals surface area contributed by atoms with Crippen LogP contribution < -0.4 is 15.5 Å². The lowest BCUT2D eigenvalue weighted by molar-refractivity contribution is -0.136. The molecule has 118 valence electrons. The highest BCUT2D eigenvalue weighted by Gasteiger charge is 2.23. The maximum absolute atomic E-state index is 11.8. The molecule has 1 saturated heterocycles. The zero-order valence-corrected chi connectivity index (χ0v) is 13.1. The third kappa shape index (κ3) is 3.63. The maximum atomic E-state index is 11.8. The van der Waals surface area contributed by atoms with Crippen molar-refractivity contribution in [2.24, 2.45) is 0 Å². The van der Waals surface area contributed by atoms with Crippen molar-refractivity contribution in [2.45, 2.75) is 39.7 Å². The molecule has 22 heavy (non-hydrogen) atoms. The number of carbonyl (C=O) groups excluding carboxylic acids is 3. The average molecular weight is 303 g/mol. The van der Waals surface area contributed by atoms with Gasteiger partial charge in [0.25, 0.3) is 0 Å². The summed E-state index contributed by atoms with van der Waals surface area (Å²) in [7, 11) is 0. The SMILES string of the molecule is Cc1cc(NC(=O)C(=O)NC(C)C)ccc1N1CCCC1=O. The zero-order valence-electron chi connectivity index (χ0n) is 13.1. The van der Waals surface area contributed by atoms with Crippen LogP contribution in [0.2, 0.25) is 0 Å². The Kier molecular flexibility index (Phi) is 4.80. The van der Waals surface area contributed by atoms with Gasteiger partial charge in [-0.2, -0.15) is 0 Å². The molecule has 2 rings (SSSR count). The van der Waals surface area contributed by atoms with E-state index in [1.165, 1.54) is 0 Å². The summed E-state index contributed by atoms with van der Waals surface area (Å²) in [6.07, 6.45) is 1.44. The summed E-state index contributed by atoms with van der Waals surface area (Å²) in [6.45, 7) is 6.18. The largest absolute Gasteiger partial charge is 0.346 e. The van der Waals surface area contributed by atoms with Gasteiger partial charge in [0, 0.05) is 30.4 Å². The van der Waals surface area contributed by atoms with Gasteiger partial charge in [-0.1, -0.05) is 0 Å². The molecule has 0 aromatic heterocycles. The molecular formula is C16H21N3O3. The number of nitrogens with zero attached hydrogens (tertiary/aromatic N) is 1. The van der Waals surface area contributed by atoms with Crippen LogP contribution in [0.25, 0.3) is 0 Å². The van der Waals surface area contributed by atoms with Gasteiger partial charge in [0.2, 0.25) is 5.91 Å². The van der Waals surface area contributed by atoms with Crippen LogP contribution in [0.15, 0.2) is 18.2 Å². The Hall–Kier alpha value is -2.37. The van der Waals surface area contributed by atoms with Crippen molar-refractivity contribution in [3.63, 3.8) is 0 Å². The number of hydrogen-bond donors (Lipinski definition) is 2. The fraction of sp³-hybridized carbons (Fsp3) is 0.438. The number of anilines is 2. The Labute approximate surface area is 129 Å². The Morgan fingerprint density at radius 2 is 1.95 bits per heavy atom. The first-order valence-electron chi connectivity index (χ1n) is 7.41. The van der Waals surface area contributed by atoms with Gasteiger partial charge in [-0.3, -0.25) is 14.4 Å². The first-order chi connectivity index (χ1) is 10.4. The number of hydrogen-bond acceptors (Lipinski definition) is 3. The van der Waals surface area contributed by atoms with Crippen molar-refractivity contribution in [3.05, 3.63) is 23.8 Å². The lowest BCUT2D eigenvalue weighted by Crippen LogP contribution is -2.39. The average Bonchev–Trinajstić information content (AvgIpc) is 2.84. The van der Waals surface area contributed by atoms with Crippen molar-refractivity contribution < 1.29 is 14.4 Å². The standard InChI is InChI=1S/C16H21N3O3/c1-10(2)17-15(21)16(22)18-12-6-7-13(11(3)9-12)19-8-4-5-14(19)20/h6-7,9-10H,4-5,8H2,1-3H3,(H,17,21)(H,18,22). The quantitative estimate of drug-likeness (QED) is 0.832. The van der Waals surface area contributed by atoms with Gasteiger partial charge in [-0.15, -0.1) is 0 Å². The van der Waals surface area contributed by atoms with E-state index in [0.29, 0.717) is 12.1 Å². The second-order valence-corrected chi connectivity index (χ2v) is 5.73. The predicted molar refractivity (Wildman–Crippen MR) is 84.7 cm³/mol. The Morgan fingerprint density at radius 1 is 1.23 bits per heavy atom. The minimum Gasteiger partial charge on any atom is -0.346 e. The van der Waals surface area contributed by atoms with Crippen LogP contribution in [0.5, 0.6) is 0 Å². The Bertz CT molecular complexity index is 611. The van der Waals surface area contributed by atoms with Crippen molar-refractivity contribution >= 4 is 29.1 Å². The molecule has 0 unspecified atom stereocenters. The van der Waals surface area contributed by atoms with Crippen LogP contribution in [0.1, 0.15) is 32.3 Å². The fourth-order valence-corrected chi connectivity index (χ4v) is 2.45. The summed E-state index contributed by atoms with van der Waals surface area (Å²) in [5.41, 5.74) is 2.28. The molecule has 0 bridgehead atoms. The highest BCUT2D eigenvalue weighted by atomic mass is 16.2. The molecule has 6 heteroatoms. The summed E-state index contributed by atoms with van der Waals surface area (Å²) in [6, 6.07) is 5.17. The molecule has 0 atom stereocenters. The van der Waals surface area contributed by atoms with Gasteiger partial charge in [0.15, 0.2) is 0 Å². The summed E-state index contributed by atoms with van der Waals surface area (Å²) in [5, 5.41) is 5.10. The highest BCUT2D eigenvalue weighted by Crippen LogP contribution is 2.27. The van der Waals surface area contributed by atoms with E-state index in [4.69, 9.17) is 0 Å². The molecule has 1 aliphatic heterocycles. The minimum absolute atomic E-state index is 0.0939. The topological polar surface area (TPSA) is 78.5 Å². The number of aryl methyl sites for hydroxylation is 1. The van der Waals surface area contributed by atoms with E-state index in [-0.39, 0.29) is 11.9 Å². The van der Waals surface area contributed by atoms with Gasteiger partial charge in [0.05, 0.1) is 0 Å². The first-order valence-corrected chi connectivity index (χ1v) is 7.41. The minimum atomic E-state index is -0.696. The lowest BCUT2D eigenvalue weighted by Gasteiger charge is -2.19. The summed E-state index contributed by atoms with van der Waals surface area (Å²) in [4.78, 5) is 36.9. The molecule has 1 fully saturated rings. The molecule has 1 aromatic rings. The molecule has 0 aliphatic carbocycles. The molecule has 1 aliphatic rings. The fourth-order valence-electron chi connectivity index (χ4n) is 2.45. The number of carbonyl (C=O) groups is 3. The van der Waals surface area contributed by atoms with Gasteiger partial charge < -0.3 is 15.5 Å². The monoisotopic (exact) mass is 303 g/mol. The Morgan fingerprint density at radius 3 is 2.50 bits per heavy atom. The third-order valence-corrected chi connectivity index (χ3v) is 3.44. The van der Waals surface area contributed by atoms with Gasteiger partial charge >= 0.3 is 11.8 Å². The number of nitrogens with one attached hydrogen (secondary N) is 2. The lowest BCUT2D eigenvalue weighted by atomic mass is 10.1. The van der Waals surface area contributed by atoms with E-state index < -0.39 is 11.8 Å². The van der Waals surface area contributed by atoms with Crippen molar-refractivity contribution in [1.29, 1.82) is 0 Å². The van der Waals surface area contributed by atoms with Crippen LogP contribution in [0.4, 0.5) is 11.4 Å². The smallest absolute Gasteiger partial charge is 0.313 e. The second-order valence-electron chi connectivity index (χ2n) is 5.73. The van der Waals surface area contributed by atoms with Crippen LogP contribution in [-0.2, 0) is 14.4 Å². The van der Waals surface area contributed by atoms with Crippen LogP contribution >= 0.6 is 0 Å². The van der Waals surface area contributed by atoms with E-state index >= 15 is 0 Å². The second kappa shape index (κ2) is 6.60. The maximum Gasteiger partial charge on any atom is 0.313 e. The van der Waals surface area contributed by atoms with Gasteiger partial charge in [-0.05, 0) is 51.0 Å². The van der Waals surface area contributed by atoms with Gasteiger partial charge in [-0.25, -0.2) is 0 Å². The van der Waals surface area contributed by atoms with Crippen molar-refractivity contribution in [1.82, 2.24) is 5.32 Å². The molecule has 0 radical (unpaired) electrons. The normalized spacial score (nSPS) is 14.4. The first kappa shape index (κ1) is 16.0. The van der Waals surface area contributed by atoms with Crippen LogP contribution in [-0.4, -0.2) is 30.3 Å². The number of amides is 3. The highest BCUT2D eigenvalue weighted by molar-refractivity contribution is 6.39.